The van der Waals surface area contributed by atoms with Crippen LogP contribution in [0.5, 0.6) is 5.88 Å². The predicted molar refractivity (Wildman–Crippen MR) is 72.2 cm³/mol. The third kappa shape index (κ3) is 3.66. The molecular formula is C12H16N4OS. The van der Waals surface area contributed by atoms with E-state index in [1.54, 1.807) is 11.3 Å². The molecule has 0 aliphatic carbocycles. The fourth-order valence-corrected chi connectivity index (χ4v) is 2.15. The number of hydrogen-bond donors (Lipinski definition) is 1. The number of rotatable bonds is 6. The van der Waals surface area contributed by atoms with Gasteiger partial charge in [-0.2, -0.15) is 4.98 Å². The first-order valence-electron chi connectivity index (χ1n) is 5.88. The van der Waals surface area contributed by atoms with Gasteiger partial charge in [0.2, 0.25) is 5.88 Å². The zero-order valence-electron chi connectivity index (χ0n) is 10.5. The average molecular weight is 264 g/mol. The second kappa shape index (κ2) is 6.30. The Labute approximate surface area is 110 Å². The standard InChI is InChI=1S/C12H16N4OS/c1-3-17-11-8-10(15-9(2)16-11)13-5-4-12-14-6-7-18-12/h6-8H,3-5H2,1-2H3,(H,13,15,16). The summed E-state index contributed by atoms with van der Waals surface area (Å²) < 4.78 is 5.38. The van der Waals surface area contributed by atoms with Gasteiger partial charge in [0.05, 0.1) is 11.6 Å². The average Bonchev–Trinajstić information content (AvgIpc) is 2.82. The SMILES string of the molecule is CCOc1cc(NCCc2nccs2)nc(C)n1. The summed E-state index contributed by atoms with van der Waals surface area (Å²) in [6.07, 6.45) is 2.71. The first-order valence-corrected chi connectivity index (χ1v) is 6.76. The van der Waals surface area contributed by atoms with Crippen molar-refractivity contribution < 1.29 is 4.74 Å². The summed E-state index contributed by atoms with van der Waals surface area (Å²) in [5, 5.41) is 6.37. The van der Waals surface area contributed by atoms with Crippen molar-refractivity contribution in [1.82, 2.24) is 15.0 Å². The van der Waals surface area contributed by atoms with Crippen molar-refractivity contribution in [1.29, 1.82) is 0 Å². The van der Waals surface area contributed by atoms with Crippen LogP contribution in [0.25, 0.3) is 0 Å². The Bertz CT molecular complexity index is 487. The zero-order chi connectivity index (χ0) is 12.8. The monoisotopic (exact) mass is 264 g/mol. The molecule has 0 saturated carbocycles. The van der Waals surface area contributed by atoms with Gasteiger partial charge in [0.1, 0.15) is 11.6 Å². The molecule has 0 aliphatic rings. The molecule has 2 heterocycles. The molecule has 0 atom stereocenters. The maximum atomic E-state index is 5.38. The van der Waals surface area contributed by atoms with E-state index in [0.717, 1.165) is 23.8 Å². The Balaban J connectivity index is 1.92. The van der Waals surface area contributed by atoms with Crippen molar-refractivity contribution in [2.45, 2.75) is 20.3 Å². The first kappa shape index (κ1) is 12.8. The van der Waals surface area contributed by atoms with Gasteiger partial charge in [0.15, 0.2) is 0 Å². The maximum Gasteiger partial charge on any atom is 0.218 e. The van der Waals surface area contributed by atoms with E-state index in [0.29, 0.717) is 18.3 Å². The quantitative estimate of drug-likeness (QED) is 0.867. The van der Waals surface area contributed by atoms with Crippen LogP contribution in [-0.2, 0) is 6.42 Å². The Morgan fingerprint density at radius 1 is 1.39 bits per heavy atom. The van der Waals surface area contributed by atoms with Crippen LogP contribution in [0.1, 0.15) is 17.8 Å². The molecule has 0 unspecified atom stereocenters. The summed E-state index contributed by atoms with van der Waals surface area (Å²) in [5.74, 6) is 2.11. The second-order valence-electron chi connectivity index (χ2n) is 3.67. The summed E-state index contributed by atoms with van der Waals surface area (Å²) in [6, 6.07) is 1.82. The molecular weight excluding hydrogens is 248 g/mol. The number of ether oxygens (including phenoxy) is 1. The lowest BCUT2D eigenvalue weighted by Gasteiger charge is -2.08. The van der Waals surface area contributed by atoms with Gasteiger partial charge in [-0.15, -0.1) is 11.3 Å². The van der Waals surface area contributed by atoms with Crippen LogP contribution < -0.4 is 10.1 Å². The summed E-state index contributed by atoms with van der Waals surface area (Å²) in [4.78, 5) is 12.7. The molecule has 1 N–H and O–H groups in total. The fourth-order valence-electron chi connectivity index (χ4n) is 1.53. The van der Waals surface area contributed by atoms with Crippen molar-refractivity contribution in [2.75, 3.05) is 18.5 Å². The largest absolute Gasteiger partial charge is 0.478 e. The third-order valence-electron chi connectivity index (χ3n) is 2.24. The third-order valence-corrected chi connectivity index (χ3v) is 3.07. The number of thiazole rings is 1. The van der Waals surface area contributed by atoms with E-state index in [9.17, 15) is 0 Å². The van der Waals surface area contributed by atoms with Crippen LogP contribution in [-0.4, -0.2) is 28.1 Å². The van der Waals surface area contributed by atoms with E-state index < -0.39 is 0 Å². The lowest BCUT2D eigenvalue weighted by Crippen LogP contribution is -2.08. The second-order valence-corrected chi connectivity index (χ2v) is 4.65. The molecule has 6 heteroatoms. The van der Waals surface area contributed by atoms with Gasteiger partial charge in [-0.3, -0.25) is 0 Å². The van der Waals surface area contributed by atoms with Crippen molar-refractivity contribution in [3.8, 4) is 5.88 Å². The molecule has 18 heavy (non-hydrogen) atoms. The topological polar surface area (TPSA) is 59.9 Å². The van der Waals surface area contributed by atoms with Gasteiger partial charge >= 0.3 is 0 Å². The highest BCUT2D eigenvalue weighted by molar-refractivity contribution is 7.09. The minimum atomic E-state index is 0.606. The first-order chi connectivity index (χ1) is 8.78. The van der Waals surface area contributed by atoms with Crippen LogP contribution in [0.4, 0.5) is 5.82 Å². The molecule has 2 aromatic rings. The van der Waals surface area contributed by atoms with E-state index >= 15 is 0 Å². The number of nitrogens with zero attached hydrogens (tertiary/aromatic N) is 3. The van der Waals surface area contributed by atoms with Gasteiger partial charge in [0.25, 0.3) is 0 Å². The maximum absolute atomic E-state index is 5.38. The number of hydrogen-bond acceptors (Lipinski definition) is 6. The Morgan fingerprint density at radius 2 is 2.28 bits per heavy atom. The molecule has 96 valence electrons. The minimum Gasteiger partial charge on any atom is -0.478 e. The molecule has 0 aliphatic heterocycles. The molecule has 0 saturated heterocycles. The molecule has 0 radical (unpaired) electrons. The highest BCUT2D eigenvalue weighted by Crippen LogP contribution is 2.13. The lowest BCUT2D eigenvalue weighted by molar-refractivity contribution is 0.325. The van der Waals surface area contributed by atoms with Crippen LogP contribution in [0.3, 0.4) is 0 Å². The van der Waals surface area contributed by atoms with Crippen molar-refractivity contribution in [3.05, 3.63) is 28.5 Å². The van der Waals surface area contributed by atoms with E-state index in [1.165, 1.54) is 0 Å². The molecule has 0 spiro atoms. The molecule has 0 aromatic carbocycles. The summed E-state index contributed by atoms with van der Waals surface area (Å²) in [6.45, 7) is 5.20. The van der Waals surface area contributed by atoms with Gasteiger partial charge in [-0.1, -0.05) is 0 Å². The van der Waals surface area contributed by atoms with E-state index in [1.807, 2.05) is 31.5 Å². The van der Waals surface area contributed by atoms with E-state index in [4.69, 9.17) is 4.74 Å². The zero-order valence-corrected chi connectivity index (χ0v) is 11.3. The lowest BCUT2D eigenvalue weighted by atomic mass is 10.4. The predicted octanol–water partition coefficient (Wildman–Crippen LogP) is 2.29. The van der Waals surface area contributed by atoms with Crippen LogP contribution in [0.2, 0.25) is 0 Å². The van der Waals surface area contributed by atoms with Crippen molar-refractivity contribution in [2.24, 2.45) is 0 Å². The molecule has 2 aromatic heterocycles. The fraction of sp³-hybridized carbons (Fsp3) is 0.417. The van der Waals surface area contributed by atoms with E-state index in [2.05, 4.69) is 20.3 Å². The number of nitrogens with one attached hydrogen (secondary N) is 1. The van der Waals surface area contributed by atoms with Gasteiger partial charge in [0, 0.05) is 30.6 Å². The van der Waals surface area contributed by atoms with Crippen LogP contribution in [0.15, 0.2) is 17.6 Å². The minimum absolute atomic E-state index is 0.606. The summed E-state index contributed by atoms with van der Waals surface area (Å²) in [7, 11) is 0. The highest BCUT2D eigenvalue weighted by atomic mass is 32.1. The van der Waals surface area contributed by atoms with Gasteiger partial charge in [-0.05, 0) is 13.8 Å². The highest BCUT2D eigenvalue weighted by Gasteiger charge is 2.02. The number of anilines is 1. The van der Waals surface area contributed by atoms with E-state index in [-0.39, 0.29) is 0 Å². The van der Waals surface area contributed by atoms with Gasteiger partial charge in [-0.25, -0.2) is 9.97 Å². The summed E-state index contributed by atoms with van der Waals surface area (Å²) in [5.41, 5.74) is 0. The molecule has 5 nitrogen and oxygen atoms in total. The molecule has 0 amide bonds. The Hall–Kier alpha value is -1.69. The van der Waals surface area contributed by atoms with Crippen molar-refractivity contribution >= 4 is 17.2 Å². The van der Waals surface area contributed by atoms with Crippen LogP contribution >= 0.6 is 11.3 Å². The smallest absolute Gasteiger partial charge is 0.218 e. The molecule has 2 rings (SSSR count). The Morgan fingerprint density at radius 3 is 3.00 bits per heavy atom. The Kier molecular flexibility index (Phi) is 4.46. The summed E-state index contributed by atoms with van der Waals surface area (Å²) >= 11 is 1.66. The number of aryl methyl sites for hydroxylation is 1. The normalized spacial score (nSPS) is 10.3. The van der Waals surface area contributed by atoms with Crippen molar-refractivity contribution in [3.63, 3.8) is 0 Å². The number of aromatic nitrogens is 3. The molecule has 0 bridgehead atoms. The van der Waals surface area contributed by atoms with Crippen LogP contribution in [0, 0.1) is 6.92 Å². The molecule has 0 fully saturated rings. The van der Waals surface area contributed by atoms with Gasteiger partial charge < -0.3 is 10.1 Å².